The van der Waals surface area contributed by atoms with Crippen LogP contribution in [0, 0.1) is 5.92 Å². The summed E-state index contributed by atoms with van der Waals surface area (Å²) in [7, 11) is -3.05. The van der Waals surface area contributed by atoms with Gasteiger partial charge in [-0.3, -0.25) is 19.2 Å². The molecule has 0 saturated carbocycles. The topological polar surface area (TPSA) is 194 Å². The molecule has 4 amide bonds. The fourth-order valence-corrected chi connectivity index (χ4v) is 7.20. The molecule has 2 heterocycles. The standard InChI is InChI=1S/C33H43ClN8O7S/c1-20(2)16-25-33(46)37-21(3)31-39-30(23-10-7-6-8-11-23)40-42(31)19-28(43)35-14-9-15-41(18-29(44)36-22(4)32(45)38-25)50(47,48)27-17-24(34)12-13-26(27)49-5/h6-8,10-13,17,20-22,25H,9,14-16,18-19H2,1-5H3,(H,35,43)(H,36,44)(H,37,46)(H,38,45)/t21-,22+,25+/m0/s1. The number of nitrogens with zero attached hydrogens (tertiary/aromatic N) is 4. The number of ether oxygens (including phenoxy) is 1. The van der Waals surface area contributed by atoms with Gasteiger partial charge in [0.2, 0.25) is 33.7 Å². The number of methoxy groups -OCH3 is 1. The number of carbonyl (C=O) groups excluding carboxylic acids is 4. The predicted octanol–water partition coefficient (Wildman–Crippen LogP) is 2.03. The van der Waals surface area contributed by atoms with E-state index < -0.39 is 58.3 Å². The first-order valence-electron chi connectivity index (χ1n) is 16.2. The van der Waals surface area contributed by atoms with Crippen LogP contribution in [0.1, 0.15) is 52.4 Å². The minimum Gasteiger partial charge on any atom is -0.495 e. The number of aromatic nitrogens is 3. The van der Waals surface area contributed by atoms with Crippen molar-refractivity contribution in [2.75, 3.05) is 26.7 Å². The second kappa shape index (κ2) is 16.9. The molecule has 2 aromatic carbocycles. The van der Waals surface area contributed by atoms with Crippen LogP contribution in [0.5, 0.6) is 5.75 Å². The number of halogens is 1. The monoisotopic (exact) mass is 730 g/mol. The van der Waals surface area contributed by atoms with Crippen molar-refractivity contribution in [3.63, 3.8) is 0 Å². The summed E-state index contributed by atoms with van der Waals surface area (Å²) in [5.41, 5.74) is 0.708. The van der Waals surface area contributed by atoms with Crippen LogP contribution >= 0.6 is 11.6 Å². The van der Waals surface area contributed by atoms with E-state index in [2.05, 4.69) is 31.3 Å². The summed E-state index contributed by atoms with van der Waals surface area (Å²) in [6.45, 7) is 5.91. The van der Waals surface area contributed by atoms with E-state index in [0.29, 0.717) is 17.2 Å². The number of sulfonamides is 1. The Morgan fingerprint density at radius 1 is 0.940 bits per heavy atom. The molecule has 4 rings (SSSR count). The number of rotatable bonds is 6. The highest BCUT2D eigenvalue weighted by molar-refractivity contribution is 7.89. The largest absolute Gasteiger partial charge is 0.495 e. The molecule has 1 aliphatic rings. The van der Waals surface area contributed by atoms with E-state index in [-0.39, 0.29) is 54.1 Å². The molecule has 270 valence electrons. The first-order valence-corrected chi connectivity index (χ1v) is 18.0. The lowest BCUT2D eigenvalue weighted by molar-refractivity contribution is -0.132. The normalized spacial score (nSPS) is 20.7. The second-order valence-corrected chi connectivity index (χ2v) is 14.7. The highest BCUT2D eigenvalue weighted by atomic mass is 35.5. The Balaban J connectivity index is 1.68. The van der Waals surface area contributed by atoms with Crippen LogP contribution in [0.25, 0.3) is 11.4 Å². The van der Waals surface area contributed by atoms with Gasteiger partial charge in [0.1, 0.15) is 35.1 Å². The van der Waals surface area contributed by atoms with E-state index >= 15 is 0 Å². The molecule has 0 fully saturated rings. The third-order valence-corrected chi connectivity index (χ3v) is 9.95. The Morgan fingerprint density at radius 3 is 2.34 bits per heavy atom. The zero-order valence-electron chi connectivity index (χ0n) is 28.6. The number of fused-ring (bicyclic) bond motifs is 1. The number of nitrogens with one attached hydrogen (secondary N) is 4. The maximum absolute atomic E-state index is 13.9. The van der Waals surface area contributed by atoms with Crippen molar-refractivity contribution < 1.29 is 32.3 Å². The average Bonchev–Trinajstić information content (AvgIpc) is 3.49. The third kappa shape index (κ3) is 9.79. The van der Waals surface area contributed by atoms with Crippen molar-refractivity contribution in [2.45, 2.75) is 70.1 Å². The lowest BCUT2D eigenvalue weighted by Crippen LogP contribution is -2.54. The van der Waals surface area contributed by atoms with Gasteiger partial charge in [-0.25, -0.2) is 18.1 Å². The summed E-state index contributed by atoms with van der Waals surface area (Å²) in [5, 5.41) is 15.6. The molecule has 3 atom stereocenters. The molecule has 0 radical (unpaired) electrons. The maximum atomic E-state index is 13.9. The fraction of sp³-hybridized carbons (Fsp3) is 0.455. The summed E-state index contributed by atoms with van der Waals surface area (Å²) in [6.07, 6.45) is 0.406. The van der Waals surface area contributed by atoms with Crippen molar-refractivity contribution in [3.05, 3.63) is 59.4 Å². The molecule has 50 heavy (non-hydrogen) atoms. The number of carbonyl (C=O) groups is 4. The lowest BCUT2D eigenvalue weighted by atomic mass is 10.0. The van der Waals surface area contributed by atoms with Gasteiger partial charge in [-0.1, -0.05) is 55.8 Å². The smallest absolute Gasteiger partial charge is 0.247 e. The van der Waals surface area contributed by atoms with Crippen LogP contribution in [0.3, 0.4) is 0 Å². The van der Waals surface area contributed by atoms with Gasteiger partial charge in [0.15, 0.2) is 5.82 Å². The first-order chi connectivity index (χ1) is 23.7. The minimum absolute atomic E-state index is 0.00661. The van der Waals surface area contributed by atoms with E-state index in [1.807, 2.05) is 44.2 Å². The van der Waals surface area contributed by atoms with Gasteiger partial charge < -0.3 is 26.0 Å². The molecule has 0 unspecified atom stereocenters. The summed E-state index contributed by atoms with van der Waals surface area (Å²) >= 11 is 6.13. The van der Waals surface area contributed by atoms with Crippen molar-refractivity contribution >= 4 is 45.3 Å². The molecule has 1 aliphatic heterocycles. The zero-order chi connectivity index (χ0) is 36.6. The Bertz CT molecular complexity index is 1800. The molecule has 15 nitrogen and oxygen atoms in total. The van der Waals surface area contributed by atoms with Gasteiger partial charge in [-0.05, 0) is 50.8 Å². The summed E-state index contributed by atoms with van der Waals surface area (Å²) in [6, 6.07) is 10.4. The first kappa shape index (κ1) is 38.3. The second-order valence-electron chi connectivity index (χ2n) is 12.4. The van der Waals surface area contributed by atoms with E-state index in [9.17, 15) is 27.6 Å². The van der Waals surface area contributed by atoms with Crippen LogP contribution in [0.2, 0.25) is 5.02 Å². The molecule has 0 aliphatic carbocycles. The SMILES string of the molecule is COc1ccc(Cl)cc1S(=O)(=O)N1CCCNC(=O)Cn2nc(-c3ccccc3)nc2[C@H](C)NC(=O)[C@@H](CC(C)C)NC(=O)[C@@H](C)NC(=O)C1. The molecule has 0 bridgehead atoms. The van der Waals surface area contributed by atoms with Crippen molar-refractivity contribution in [1.82, 2.24) is 40.3 Å². The quantitative estimate of drug-likeness (QED) is 0.294. The lowest BCUT2D eigenvalue weighted by Gasteiger charge is -2.25. The van der Waals surface area contributed by atoms with E-state index in [1.165, 1.54) is 36.9 Å². The Kier molecular flexibility index (Phi) is 12.9. The van der Waals surface area contributed by atoms with Gasteiger partial charge in [0.05, 0.1) is 19.7 Å². The molecule has 4 N–H and O–H groups in total. The Hall–Kier alpha value is -4.54. The highest BCUT2D eigenvalue weighted by Gasteiger charge is 2.32. The highest BCUT2D eigenvalue weighted by Crippen LogP contribution is 2.30. The number of amides is 4. The molecule has 0 spiro atoms. The van der Waals surface area contributed by atoms with Crippen LogP contribution in [-0.2, 0) is 35.7 Å². The molecule has 1 aromatic heterocycles. The van der Waals surface area contributed by atoms with Crippen molar-refractivity contribution in [1.29, 1.82) is 0 Å². The van der Waals surface area contributed by atoms with Crippen LogP contribution in [0.15, 0.2) is 53.4 Å². The van der Waals surface area contributed by atoms with Gasteiger partial charge in [0, 0.05) is 23.7 Å². The predicted molar refractivity (Wildman–Crippen MR) is 185 cm³/mol. The van der Waals surface area contributed by atoms with Crippen molar-refractivity contribution in [2.24, 2.45) is 5.92 Å². The van der Waals surface area contributed by atoms with E-state index in [0.717, 1.165) is 4.31 Å². The van der Waals surface area contributed by atoms with Crippen LogP contribution in [0.4, 0.5) is 0 Å². The summed E-state index contributed by atoms with van der Waals surface area (Å²) in [4.78, 5) is 57.6. The van der Waals surface area contributed by atoms with Crippen LogP contribution < -0.4 is 26.0 Å². The van der Waals surface area contributed by atoms with Gasteiger partial charge in [-0.15, -0.1) is 0 Å². The van der Waals surface area contributed by atoms with E-state index in [1.54, 1.807) is 6.92 Å². The molecular formula is C33H43ClN8O7S. The number of hydrogen-bond donors (Lipinski definition) is 4. The Morgan fingerprint density at radius 2 is 1.66 bits per heavy atom. The number of benzene rings is 2. The third-order valence-electron chi connectivity index (χ3n) is 7.85. The summed E-state index contributed by atoms with van der Waals surface area (Å²) < 4.78 is 35.4. The van der Waals surface area contributed by atoms with Gasteiger partial charge >= 0.3 is 0 Å². The van der Waals surface area contributed by atoms with E-state index in [4.69, 9.17) is 16.3 Å². The Labute approximate surface area is 296 Å². The molecule has 3 aromatic rings. The molecule has 17 heteroatoms. The fourth-order valence-electron chi connectivity index (χ4n) is 5.34. The van der Waals surface area contributed by atoms with Crippen molar-refractivity contribution in [3.8, 4) is 17.1 Å². The zero-order valence-corrected chi connectivity index (χ0v) is 30.2. The summed E-state index contributed by atoms with van der Waals surface area (Å²) in [5.74, 6) is -1.64. The van der Waals surface area contributed by atoms with Gasteiger partial charge in [0.25, 0.3) is 0 Å². The minimum atomic E-state index is -4.36. The maximum Gasteiger partial charge on any atom is 0.247 e. The average molecular weight is 731 g/mol. The van der Waals surface area contributed by atoms with Crippen LogP contribution in [-0.4, -0.2) is 89.9 Å². The van der Waals surface area contributed by atoms with Gasteiger partial charge in [-0.2, -0.15) is 9.40 Å². The molecule has 0 saturated heterocycles. The number of hydrogen-bond acceptors (Lipinski definition) is 9. The molecular weight excluding hydrogens is 688 g/mol.